The minimum atomic E-state index is -0.169. The second-order valence-corrected chi connectivity index (χ2v) is 6.26. The summed E-state index contributed by atoms with van der Waals surface area (Å²) in [5.41, 5.74) is 2.40. The highest BCUT2D eigenvalue weighted by Gasteiger charge is 2.19. The highest BCUT2D eigenvalue weighted by Crippen LogP contribution is 2.25. The standard InChI is InChI=1S/C17H19ClN4O/c1-22-10-14(20-11-22)3-2-12-9-19-17(18)8-16(12)21-13-4-6-15(23)7-5-13/h8-11,13,15,23H,4-7H2,1H3,(H,19,21). The molecule has 1 fully saturated rings. The first-order valence-corrected chi connectivity index (χ1v) is 8.08. The van der Waals surface area contributed by atoms with Gasteiger partial charge in [-0.2, -0.15) is 0 Å². The van der Waals surface area contributed by atoms with Gasteiger partial charge in [0.2, 0.25) is 0 Å². The van der Waals surface area contributed by atoms with Crippen molar-refractivity contribution in [3.05, 3.63) is 41.2 Å². The molecule has 2 N–H and O–H groups in total. The molecule has 6 heteroatoms. The van der Waals surface area contributed by atoms with Crippen molar-refractivity contribution >= 4 is 17.3 Å². The van der Waals surface area contributed by atoms with Gasteiger partial charge in [0.25, 0.3) is 0 Å². The summed E-state index contributed by atoms with van der Waals surface area (Å²) < 4.78 is 1.86. The summed E-state index contributed by atoms with van der Waals surface area (Å²) in [4.78, 5) is 8.32. The van der Waals surface area contributed by atoms with Crippen molar-refractivity contribution in [3.63, 3.8) is 0 Å². The Morgan fingerprint density at radius 1 is 1.26 bits per heavy atom. The van der Waals surface area contributed by atoms with Gasteiger partial charge in [0.15, 0.2) is 0 Å². The minimum Gasteiger partial charge on any atom is -0.393 e. The van der Waals surface area contributed by atoms with Gasteiger partial charge in [-0.1, -0.05) is 17.5 Å². The van der Waals surface area contributed by atoms with E-state index in [-0.39, 0.29) is 6.10 Å². The van der Waals surface area contributed by atoms with E-state index < -0.39 is 0 Å². The predicted molar refractivity (Wildman–Crippen MR) is 90.3 cm³/mol. The summed E-state index contributed by atoms with van der Waals surface area (Å²) in [7, 11) is 1.91. The number of hydrogen-bond acceptors (Lipinski definition) is 4. The van der Waals surface area contributed by atoms with Crippen LogP contribution in [0.1, 0.15) is 36.9 Å². The van der Waals surface area contributed by atoms with Crippen LogP contribution in [0.2, 0.25) is 5.15 Å². The van der Waals surface area contributed by atoms with E-state index in [1.807, 2.05) is 17.8 Å². The number of aromatic nitrogens is 3. The quantitative estimate of drug-likeness (QED) is 0.656. The number of aryl methyl sites for hydroxylation is 1. The number of anilines is 1. The molecule has 0 bridgehead atoms. The number of rotatable bonds is 2. The maximum absolute atomic E-state index is 9.61. The summed E-state index contributed by atoms with van der Waals surface area (Å²) in [5, 5.41) is 13.5. The van der Waals surface area contributed by atoms with Gasteiger partial charge < -0.3 is 15.0 Å². The van der Waals surface area contributed by atoms with Crippen molar-refractivity contribution in [1.29, 1.82) is 0 Å². The lowest BCUT2D eigenvalue weighted by molar-refractivity contribution is 0.126. The lowest BCUT2D eigenvalue weighted by atomic mass is 9.93. The zero-order chi connectivity index (χ0) is 16.2. The number of aliphatic hydroxyl groups is 1. The maximum Gasteiger partial charge on any atom is 0.131 e. The number of imidazole rings is 1. The Balaban J connectivity index is 1.79. The van der Waals surface area contributed by atoms with E-state index >= 15 is 0 Å². The summed E-state index contributed by atoms with van der Waals surface area (Å²) in [6.45, 7) is 0. The molecular weight excluding hydrogens is 312 g/mol. The molecule has 0 saturated heterocycles. The van der Waals surface area contributed by atoms with E-state index in [0.717, 1.165) is 36.9 Å². The average molecular weight is 331 g/mol. The Bertz CT molecular complexity index is 739. The zero-order valence-electron chi connectivity index (χ0n) is 13.0. The van der Waals surface area contributed by atoms with Gasteiger partial charge in [0.05, 0.1) is 23.7 Å². The lowest BCUT2D eigenvalue weighted by Gasteiger charge is -2.27. The monoisotopic (exact) mass is 330 g/mol. The SMILES string of the molecule is Cn1cnc(C#Cc2cnc(Cl)cc2NC2CCC(O)CC2)c1. The Morgan fingerprint density at radius 3 is 2.74 bits per heavy atom. The van der Waals surface area contributed by atoms with Crippen LogP contribution >= 0.6 is 11.6 Å². The molecule has 0 radical (unpaired) electrons. The number of pyridine rings is 1. The van der Waals surface area contributed by atoms with Crippen molar-refractivity contribution < 1.29 is 5.11 Å². The third kappa shape index (κ3) is 4.25. The molecule has 0 aromatic carbocycles. The molecule has 2 aromatic rings. The van der Waals surface area contributed by atoms with Crippen LogP contribution in [0, 0.1) is 11.8 Å². The van der Waals surface area contributed by atoms with Crippen LogP contribution in [0.3, 0.4) is 0 Å². The van der Waals surface area contributed by atoms with Crippen molar-refractivity contribution in [2.24, 2.45) is 7.05 Å². The molecule has 23 heavy (non-hydrogen) atoms. The lowest BCUT2D eigenvalue weighted by Crippen LogP contribution is -2.28. The molecule has 1 saturated carbocycles. The summed E-state index contributed by atoms with van der Waals surface area (Å²) in [6.07, 6.45) is 8.62. The molecule has 0 atom stereocenters. The van der Waals surface area contributed by atoms with E-state index in [0.29, 0.717) is 16.9 Å². The molecular formula is C17H19ClN4O. The largest absolute Gasteiger partial charge is 0.393 e. The van der Waals surface area contributed by atoms with Gasteiger partial charge in [-0.3, -0.25) is 0 Å². The smallest absolute Gasteiger partial charge is 0.131 e. The fourth-order valence-corrected chi connectivity index (χ4v) is 2.86. The van der Waals surface area contributed by atoms with Gasteiger partial charge >= 0.3 is 0 Å². The maximum atomic E-state index is 9.61. The Kier molecular flexibility index (Phi) is 4.85. The topological polar surface area (TPSA) is 63.0 Å². The van der Waals surface area contributed by atoms with Gasteiger partial charge in [0, 0.05) is 25.5 Å². The van der Waals surface area contributed by atoms with Crippen LogP contribution in [0.25, 0.3) is 0 Å². The Morgan fingerprint density at radius 2 is 2.04 bits per heavy atom. The summed E-state index contributed by atoms with van der Waals surface area (Å²) >= 11 is 6.02. The van der Waals surface area contributed by atoms with Gasteiger partial charge in [-0.15, -0.1) is 0 Å². The highest BCUT2D eigenvalue weighted by molar-refractivity contribution is 6.29. The molecule has 1 aliphatic carbocycles. The fourth-order valence-electron chi connectivity index (χ4n) is 2.70. The van der Waals surface area contributed by atoms with Crippen LogP contribution in [0.15, 0.2) is 24.8 Å². The molecule has 3 rings (SSSR count). The average Bonchev–Trinajstić information content (AvgIpc) is 2.94. The first-order chi connectivity index (χ1) is 11.1. The molecule has 5 nitrogen and oxygen atoms in total. The number of nitrogens with zero attached hydrogens (tertiary/aromatic N) is 3. The summed E-state index contributed by atoms with van der Waals surface area (Å²) in [6, 6.07) is 2.13. The molecule has 0 amide bonds. The van der Waals surface area contributed by atoms with Crippen LogP contribution in [0.5, 0.6) is 0 Å². The van der Waals surface area contributed by atoms with E-state index in [9.17, 15) is 5.11 Å². The van der Waals surface area contributed by atoms with E-state index in [1.165, 1.54) is 0 Å². The highest BCUT2D eigenvalue weighted by atomic mass is 35.5. The van der Waals surface area contributed by atoms with E-state index in [1.54, 1.807) is 18.6 Å². The second-order valence-electron chi connectivity index (χ2n) is 5.88. The molecule has 0 spiro atoms. The minimum absolute atomic E-state index is 0.169. The second kappa shape index (κ2) is 7.03. The third-order valence-electron chi connectivity index (χ3n) is 3.96. The molecule has 2 aromatic heterocycles. The molecule has 0 unspecified atom stereocenters. The summed E-state index contributed by atoms with van der Waals surface area (Å²) in [5.74, 6) is 6.15. The van der Waals surface area contributed by atoms with Gasteiger partial charge in [-0.25, -0.2) is 9.97 Å². The van der Waals surface area contributed by atoms with Crippen LogP contribution in [-0.2, 0) is 7.05 Å². The van der Waals surface area contributed by atoms with Crippen LogP contribution in [-0.4, -0.2) is 31.8 Å². The number of hydrogen-bond donors (Lipinski definition) is 2. The van der Waals surface area contributed by atoms with Crippen molar-refractivity contribution in [3.8, 4) is 11.8 Å². The van der Waals surface area contributed by atoms with Crippen LogP contribution < -0.4 is 5.32 Å². The Labute approximate surface area is 140 Å². The fraction of sp³-hybridized carbons (Fsp3) is 0.412. The van der Waals surface area contributed by atoms with Crippen molar-refractivity contribution in [2.75, 3.05) is 5.32 Å². The van der Waals surface area contributed by atoms with Gasteiger partial charge in [0.1, 0.15) is 10.8 Å². The van der Waals surface area contributed by atoms with E-state index in [4.69, 9.17) is 11.6 Å². The third-order valence-corrected chi connectivity index (χ3v) is 4.16. The number of halogens is 1. The van der Waals surface area contributed by atoms with Crippen LogP contribution in [0.4, 0.5) is 5.69 Å². The Hall–Kier alpha value is -2.03. The predicted octanol–water partition coefficient (Wildman–Crippen LogP) is 2.58. The van der Waals surface area contributed by atoms with Crippen molar-refractivity contribution in [2.45, 2.75) is 37.8 Å². The van der Waals surface area contributed by atoms with Crippen molar-refractivity contribution in [1.82, 2.24) is 14.5 Å². The molecule has 1 aliphatic rings. The molecule has 2 heterocycles. The van der Waals surface area contributed by atoms with E-state index in [2.05, 4.69) is 27.1 Å². The number of aliphatic hydroxyl groups excluding tert-OH is 1. The zero-order valence-corrected chi connectivity index (χ0v) is 13.7. The first kappa shape index (κ1) is 15.9. The van der Waals surface area contributed by atoms with Gasteiger partial charge in [-0.05, 0) is 37.7 Å². The molecule has 0 aliphatic heterocycles. The first-order valence-electron chi connectivity index (χ1n) is 7.70. The normalized spacial score (nSPS) is 20.7. The number of nitrogens with one attached hydrogen (secondary N) is 1. The molecule has 120 valence electrons.